The summed E-state index contributed by atoms with van der Waals surface area (Å²) in [5, 5.41) is 11.8. The maximum absolute atomic E-state index is 4.13. The van der Waals surface area contributed by atoms with Crippen LogP contribution in [-0.4, -0.2) is 21.3 Å². The Kier molecular flexibility index (Phi) is 3.83. The van der Waals surface area contributed by atoms with Gasteiger partial charge in [-0.05, 0) is 31.2 Å². The standard InChI is InChI=1S/C16H22N4/c1-12-3-5-13(6-4-12)16(14-7-8-14)17-10-9-15-19-18-11-20(15)2/h3-6,11,14,16-17H,7-10H2,1-2H3. The summed E-state index contributed by atoms with van der Waals surface area (Å²) < 4.78 is 1.99. The summed E-state index contributed by atoms with van der Waals surface area (Å²) >= 11 is 0. The number of rotatable bonds is 6. The molecule has 106 valence electrons. The monoisotopic (exact) mass is 270 g/mol. The fourth-order valence-electron chi connectivity index (χ4n) is 2.63. The summed E-state index contributed by atoms with van der Waals surface area (Å²) in [6.07, 6.45) is 5.37. The molecule has 0 saturated heterocycles. The van der Waals surface area contributed by atoms with Crippen molar-refractivity contribution >= 4 is 0 Å². The van der Waals surface area contributed by atoms with Gasteiger partial charge in [-0.25, -0.2) is 0 Å². The molecule has 1 aliphatic rings. The minimum absolute atomic E-state index is 0.490. The van der Waals surface area contributed by atoms with E-state index >= 15 is 0 Å². The fourth-order valence-corrected chi connectivity index (χ4v) is 2.63. The Morgan fingerprint density at radius 3 is 2.65 bits per heavy atom. The lowest BCUT2D eigenvalue weighted by Gasteiger charge is -2.19. The van der Waals surface area contributed by atoms with Crippen LogP contribution in [-0.2, 0) is 13.5 Å². The number of aryl methyl sites for hydroxylation is 2. The van der Waals surface area contributed by atoms with Crippen molar-refractivity contribution in [2.75, 3.05) is 6.54 Å². The molecule has 20 heavy (non-hydrogen) atoms. The van der Waals surface area contributed by atoms with Gasteiger partial charge in [0, 0.05) is 26.1 Å². The Balaban J connectivity index is 1.60. The van der Waals surface area contributed by atoms with Crippen LogP contribution in [0.4, 0.5) is 0 Å². The van der Waals surface area contributed by atoms with E-state index in [2.05, 4.69) is 46.7 Å². The van der Waals surface area contributed by atoms with Gasteiger partial charge < -0.3 is 9.88 Å². The number of hydrogen-bond acceptors (Lipinski definition) is 3. The lowest BCUT2D eigenvalue weighted by atomic mass is 10.0. The largest absolute Gasteiger partial charge is 0.321 e. The van der Waals surface area contributed by atoms with Crippen molar-refractivity contribution in [1.29, 1.82) is 0 Å². The lowest BCUT2D eigenvalue weighted by Crippen LogP contribution is -2.26. The minimum Gasteiger partial charge on any atom is -0.321 e. The van der Waals surface area contributed by atoms with Crippen LogP contribution < -0.4 is 5.32 Å². The summed E-state index contributed by atoms with van der Waals surface area (Å²) in [4.78, 5) is 0. The van der Waals surface area contributed by atoms with Crippen molar-refractivity contribution < 1.29 is 0 Å². The third kappa shape index (κ3) is 3.07. The molecule has 4 heteroatoms. The molecular formula is C16H22N4. The first kappa shape index (κ1) is 13.3. The molecular weight excluding hydrogens is 248 g/mol. The van der Waals surface area contributed by atoms with Crippen LogP contribution in [0, 0.1) is 12.8 Å². The summed E-state index contributed by atoms with van der Waals surface area (Å²) in [5.74, 6) is 1.84. The first-order chi connectivity index (χ1) is 9.74. The van der Waals surface area contributed by atoms with Gasteiger partial charge in [-0.3, -0.25) is 0 Å². The molecule has 2 aromatic rings. The zero-order valence-electron chi connectivity index (χ0n) is 12.2. The Morgan fingerprint density at radius 2 is 2.05 bits per heavy atom. The maximum atomic E-state index is 4.13. The van der Waals surface area contributed by atoms with E-state index in [1.807, 2.05) is 11.6 Å². The summed E-state index contributed by atoms with van der Waals surface area (Å²) in [7, 11) is 1.99. The average Bonchev–Trinajstić information content (AvgIpc) is 3.20. The normalized spacial score (nSPS) is 16.3. The highest BCUT2D eigenvalue weighted by Crippen LogP contribution is 2.40. The van der Waals surface area contributed by atoms with Crippen molar-refractivity contribution in [2.24, 2.45) is 13.0 Å². The molecule has 1 saturated carbocycles. The molecule has 1 N–H and O–H groups in total. The second-order valence-electron chi connectivity index (χ2n) is 5.79. The second kappa shape index (κ2) is 5.75. The van der Waals surface area contributed by atoms with E-state index in [4.69, 9.17) is 0 Å². The fraction of sp³-hybridized carbons (Fsp3) is 0.500. The molecule has 1 atom stereocenters. The molecule has 1 unspecified atom stereocenters. The van der Waals surface area contributed by atoms with Crippen LogP contribution in [0.1, 0.15) is 35.8 Å². The van der Waals surface area contributed by atoms with Gasteiger partial charge in [0.25, 0.3) is 0 Å². The number of benzene rings is 1. The Bertz CT molecular complexity index is 554. The zero-order chi connectivity index (χ0) is 13.9. The Morgan fingerprint density at radius 1 is 1.30 bits per heavy atom. The highest BCUT2D eigenvalue weighted by Gasteiger charge is 2.31. The van der Waals surface area contributed by atoms with Crippen molar-refractivity contribution in [1.82, 2.24) is 20.1 Å². The number of nitrogens with one attached hydrogen (secondary N) is 1. The van der Waals surface area contributed by atoms with Gasteiger partial charge in [0.05, 0.1) is 0 Å². The SMILES string of the molecule is Cc1ccc(C(NCCc2nncn2C)C2CC2)cc1. The van der Waals surface area contributed by atoms with E-state index in [9.17, 15) is 0 Å². The number of aromatic nitrogens is 3. The molecule has 1 aromatic heterocycles. The Hall–Kier alpha value is -1.68. The average molecular weight is 270 g/mol. The van der Waals surface area contributed by atoms with Crippen molar-refractivity contribution in [3.05, 3.63) is 47.5 Å². The smallest absolute Gasteiger partial charge is 0.133 e. The van der Waals surface area contributed by atoms with Crippen LogP contribution >= 0.6 is 0 Å². The van der Waals surface area contributed by atoms with Gasteiger partial charge in [-0.1, -0.05) is 29.8 Å². The van der Waals surface area contributed by atoms with E-state index in [1.165, 1.54) is 24.0 Å². The number of hydrogen-bond donors (Lipinski definition) is 1. The molecule has 0 radical (unpaired) electrons. The molecule has 0 aliphatic heterocycles. The molecule has 0 spiro atoms. The molecule has 1 aromatic carbocycles. The van der Waals surface area contributed by atoms with Crippen LogP contribution in [0.2, 0.25) is 0 Å². The predicted molar refractivity (Wildman–Crippen MR) is 79.4 cm³/mol. The molecule has 3 rings (SSSR count). The second-order valence-corrected chi connectivity index (χ2v) is 5.79. The van der Waals surface area contributed by atoms with Gasteiger partial charge in [0.15, 0.2) is 0 Å². The van der Waals surface area contributed by atoms with Gasteiger partial charge in [-0.2, -0.15) is 0 Å². The van der Waals surface area contributed by atoms with Crippen LogP contribution in [0.15, 0.2) is 30.6 Å². The maximum Gasteiger partial charge on any atom is 0.133 e. The topological polar surface area (TPSA) is 42.7 Å². The quantitative estimate of drug-likeness (QED) is 0.876. The van der Waals surface area contributed by atoms with Gasteiger partial charge >= 0.3 is 0 Å². The minimum atomic E-state index is 0.490. The summed E-state index contributed by atoms with van der Waals surface area (Å²) in [6.45, 7) is 3.08. The third-order valence-corrected chi connectivity index (χ3v) is 4.05. The third-order valence-electron chi connectivity index (χ3n) is 4.05. The van der Waals surface area contributed by atoms with Crippen LogP contribution in [0.25, 0.3) is 0 Å². The van der Waals surface area contributed by atoms with Gasteiger partial charge in [0.2, 0.25) is 0 Å². The van der Waals surface area contributed by atoms with Crippen molar-refractivity contribution in [3.63, 3.8) is 0 Å². The molecule has 0 bridgehead atoms. The Labute approximate surface area is 120 Å². The van der Waals surface area contributed by atoms with Crippen LogP contribution in [0.3, 0.4) is 0 Å². The van der Waals surface area contributed by atoms with Gasteiger partial charge in [0.1, 0.15) is 12.2 Å². The number of nitrogens with zero attached hydrogens (tertiary/aromatic N) is 3. The zero-order valence-corrected chi connectivity index (χ0v) is 12.2. The van der Waals surface area contributed by atoms with Crippen molar-refractivity contribution in [3.8, 4) is 0 Å². The van der Waals surface area contributed by atoms with E-state index < -0.39 is 0 Å². The van der Waals surface area contributed by atoms with Crippen LogP contribution in [0.5, 0.6) is 0 Å². The molecule has 1 heterocycles. The predicted octanol–water partition coefficient (Wildman–Crippen LogP) is 2.41. The molecule has 4 nitrogen and oxygen atoms in total. The molecule has 1 fully saturated rings. The summed E-state index contributed by atoms with van der Waals surface area (Å²) in [5.41, 5.74) is 2.73. The lowest BCUT2D eigenvalue weighted by molar-refractivity contribution is 0.479. The van der Waals surface area contributed by atoms with Gasteiger partial charge in [-0.15, -0.1) is 10.2 Å². The van der Waals surface area contributed by atoms with E-state index in [-0.39, 0.29) is 0 Å². The molecule has 0 amide bonds. The van der Waals surface area contributed by atoms with E-state index in [1.54, 1.807) is 6.33 Å². The molecule has 1 aliphatic carbocycles. The van der Waals surface area contributed by atoms with E-state index in [0.717, 1.165) is 24.7 Å². The summed E-state index contributed by atoms with van der Waals surface area (Å²) in [6, 6.07) is 9.41. The first-order valence-electron chi connectivity index (χ1n) is 7.37. The first-order valence-corrected chi connectivity index (χ1v) is 7.37. The highest BCUT2D eigenvalue weighted by molar-refractivity contribution is 5.25. The van der Waals surface area contributed by atoms with E-state index in [0.29, 0.717) is 6.04 Å². The van der Waals surface area contributed by atoms with Crippen molar-refractivity contribution in [2.45, 2.75) is 32.2 Å². The highest BCUT2D eigenvalue weighted by atomic mass is 15.2.